The molecule has 0 aliphatic carbocycles. The number of nitrogens with one attached hydrogen (secondary N) is 2. The van der Waals surface area contributed by atoms with Crippen LogP contribution >= 0.6 is 0 Å². The van der Waals surface area contributed by atoms with Crippen molar-refractivity contribution < 1.29 is 9.64 Å². The summed E-state index contributed by atoms with van der Waals surface area (Å²) in [4.78, 5) is 17.7. The van der Waals surface area contributed by atoms with Gasteiger partial charge in [-0.05, 0) is 39.8 Å². The quantitative estimate of drug-likeness (QED) is 0.879. The molecule has 0 bridgehead atoms. The Morgan fingerprint density at radius 2 is 1.91 bits per heavy atom. The van der Waals surface area contributed by atoms with Crippen molar-refractivity contribution >= 4 is 10.9 Å². The Kier molecular flexibility index (Phi) is 4.06. The van der Waals surface area contributed by atoms with Gasteiger partial charge in [0.05, 0.1) is 5.56 Å². The van der Waals surface area contributed by atoms with E-state index in [0.717, 1.165) is 47.4 Å². The van der Waals surface area contributed by atoms with E-state index in [2.05, 4.69) is 18.8 Å². The lowest BCUT2D eigenvalue weighted by Gasteiger charge is -2.32. The number of fused-ring (bicyclic) bond motifs is 1. The number of pyridine rings is 1. The second-order valence-electron chi connectivity index (χ2n) is 6.70. The molecule has 1 aliphatic heterocycles. The molecule has 1 aromatic heterocycles. The van der Waals surface area contributed by atoms with Crippen LogP contribution in [0.3, 0.4) is 0 Å². The van der Waals surface area contributed by atoms with E-state index in [1.807, 2.05) is 32.0 Å². The van der Waals surface area contributed by atoms with Crippen LogP contribution in [0.2, 0.25) is 0 Å². The zero-order chi connectivity index (χ0) is 15.9. The highest BCUT2D eigenvalue weighted by Gasteiger charge is 2.27. The van der Waals surface area contributed by atoms with Gasteiger partial charge in [-0.1, -0.05) is 11.6 Å². The van der Waals surface area contributed by atoms with Crippen molar-refractivity contribution in [3.8, 4) is 0 Å². The van der Waals surface area contributed by atoms with Gasteiger partial charge in [0.25, 0.3) is 0 Å². The molecule has 0 spiro atoms. The molecule has 2 heterocycles. The van der Waals surface area contributed by atoms with Crippen LogP contribution in [0.5, 0.6) is 0 Å². The fourth-order valence-corrected chi connectivity index (χ4v) is 3.56. The minimum Gasteiger partial charge on any atom is -0.364 e. The number of morpholine rings is 1. The van der Waals surface area contributed by atoms with Crippen molar-refractivity contribution in [2.45, 2.75) is 46.4 Å². The predicted molar refractivity (Wildman–Crippen MR) is 88.5 cm³/mol. The van der Waals surface area contributed by atoms with E-state index < -0.39 is 0 Å². The number of aryl methyl sites for hydroxylation is 2. The molecule has 1 unspecified atom stereocenters. The Morgan fingerprint density at radius 1 is 1.23 bits per heavy atom. The lowest BCUT2D eigenvalue weighted by molar-refractivity contribution is -0.928. The highest BCUT2D eigenvalue weighted by Crippen LogP contribution is 2.13. The smallest absolute Gasteiger partial charge is 0.198 e. The molecule has 4 nitrogen and oxygen atoms in total. The van der Waals surface area contributed by atoms with Gasteiger partial charge in [0, 0.05) is 16.6 Å². The number of H-pyrrole nitrogens is 1. The van der Waals surface area contributed by atoms with Gasteiger partial charge in [0.2, 0.25) is 0 Å². The van der Waals surface area contributed by atoms with Crippen molar-refractivity contribution in [2.24, 2.45) is 0 Å². The van der Waals surface area contributed by atoms with Gasteiger partial charge in [-0.3, -0.25) is 4.79 Å². The summed E-state index contributed by atoms with van der Waals surface area (Å²) in [6.45, 7) is 10.9. The lowest BCUT2D eigenvalue weighted by atomic mass is 10.1. The first-order valence-corrected chi connectivity index (χ1v) is 8.05. The summed E-state index contributed by atoms with van der Waals surface area (Å²) in [5.74, 6) is 0. The zero-order valence-electron chi connectivity index (χ0n) is 13.8. The Hall–Kier alpha value is -1.65. The van der Waals surface area contributed by atoms with Crippen LogP contribution in [0.4, 0.5) is 0 Å². The standard InChI is InChI=1S/C18H24N2O2/c1-11-5-6-17-15(7-11)18(21)16(14(4)19-17)10-20-8-12(2)22-13(3)9-20/h5-7,12-13H,8-10H2,1-4H3,(H,19,21)/p+1/t12-,13+. The largest absolute Gasteiger partial charge is 0.364 e. The summed E-state index contributed by atoms with van der Waals surface area (Å²) in [7, 11) is 0. The van der Waals surface area contributed by atoms with E-state index >= 15 is 0 Å². The first-order valence-electron chi connectivity index (χ1n) is 8.05. The van der Waals surface area contributed by atoms with Gasteiger partial charge in [-0.2, -0.15) is 0 Å². The van der Waals surface area contributed by atoms with Crippen molar-refractivity contribution in [1.82, 2.24) is 4.98 Å². The molecule has 118 valence electrons. The van der Waals surface area contributed by atoms with Crippen molar-refractivity contribution in [3.63, 3.8) is 0 Å². The second-order valence-corrected chi connectivity index (χ2v) is 6.70. The van der Waals surface area contributed by atoms with Gasteiger partial charge >= 0.3 is 0 Å². The lowest BCUT2D eigenvalue weighted by Crippen LogP contribution is -3.14. The molecule has 4 heteroatoms. The summed E-state index contributed by atoms with van der Waals surface area (Å²) in [5, 5.41) is 0.800. The van der Waals surface area contributed by atoms with E-state index in [-0.39, 0.29) is 17.6 Å². The average Bonchev–Trinajstić information content (AvgIpc) is 2.43. The molecule has 3 rings (SSSR count). The maximum absolute atomic E-state index is 12.9. The summed E-state index contributed by atoms with van der Waals surface area (Å²) in [5.41, 5.74) is 4.12. The molecule has 2 aromatic rings. The van der Waals surface area contributed by atoms with E-state index in [0.29, 0.717) is 0 Å². The SMILES string of the molecule is Cc1ccc2[nH]c(C)c(C[NH+]3C[C@@H](C)O[C@@H](C)C3)c(=O)c2c1. The number of rotatable bonds is 2. The maximum Gasteiger partial charge on any atom is 0.198 e. The minimum atomic E-state index is 0.175. The third-order valence-electron chi connectivity index (χ3n) is 4.51. The Balaban J connectivity index is 1.98. The van der Waals surface area contributed by atoms with Gasteiger partial charge in [-0.15, -0.1) is 0 Å². The van der Waals surface area contributed by atoms with E-state index in [1.165, 1.54) is 4.90 Å². The van der Waals surface area contributed by atoms with Crippen LogP contribution < -0.4 is 10.3 Å². The number of ether oxygens (including phenoxy) is 1. The molecule has 1 fully saturated rings. The molecule has 3 atom stereocenters. The van der Waals surface area contributed by atoms with Gasteiger partial charge in [0.15, 0.2) is 5.43 Å². The van der Waals surface area contributed by atoms with E-state index in [1.54, 1.807) is 0 Å². The number of hydrogen-bond acceptors (Lipinski definition) is 2. The Labute approximate surface area is 131 Å². The monoisotopic (exact) mass is 301 g/mol. The summed E-state index contributed by atoms with van der Waals surface area (Å²) in [6, 6.07) is 6.01. The van der Waals surface area contributed by atoms with Crippen LogP contribution in [0.1, 0.15) is 30.7 Å². The summed E-state index contributed by atoms with van der Waals surface area (Å²) >= 11 is 0. The first kappa shape index (κ1) is 15.3. The van der Waals surface area contributed by atoms with Crippen LogP contribution in [-0.4, -0.2) is 30.3 Å². The Morgan fingerprint density at radius 3 is 2.59 bits per heavy atom. The normalized spacial score (nSPS) is 25.5. The molecule has 0 amide bonds. The molecule has 22 heavy (non-hydrogen) atoms. The fraction of sp³-hybridized carbons (Fsp3) is 0.500. The first-order chi connectivity index (χ1) is 10.4. The topological polar surface area (TPSA) is 46.5 Å². The molecule has 0 saturated carbocycles. The highest BCUT2D eigenvalue weighted by molar-refractivity contribution is 5.80. The van der Waals surface area contributed by atoms with Crippen LogP contribution in [0, 0.1) is 13.8 Å². The number of benzene rings is 1. The van der Waals surface area contributed by atoms with E-state index in [4.69, 9.17) is 4.74 Å². The summed E-state index contributed by atoms with van der Waals surface area (Å²) in [6.07, 6.45) is 0.502. The fourth-order valence-electron chi connectivity index (χ4n) is 3.56. The molecule has 1 saturated heterocycles. The van der Waals surface area contributed by atoms with Crippen molar-refractivity contribution in [2.75, 3.05) is 13.1 Å². The molecular formula is C18H25N2O2+. The van der Waals surface area contributed by atoms with Gasteiger partial charge < -0.3 is 14.6 Å². The van der Waals surface area contributed by atoms with Gasteiger partial charge in [-0.25, -0.2) is 0 Å². The number of aromatic nitrogens is 1. The average molecular weight is 301 g/mol. The second kappa shape index (κ2) is 5.86. The molecular weight excluding hydrogens is 276 g/mol. The highest BCUT2D eigenvalue weighted by atomic mass is 16.5. The summed E-state index contributed by atoms with van der Waals surface area (Å²) < 4.78 is 5.79. The van der Waals surface area contributed by atoms with Crippen molar-refractivity contribution in [1.29, 1.82) is 0 Å². The van der Waals surface area contributed by atoms with Crippen LogP contribution in [-0.2, 0) is 11.3 Å². The predicted octanol–water partition coefficient (Wildman–Crippen LogP) is 1.34. The van der Waals surface area contributed by atoms with Crippen molar-refractivity contribution in [3.05, 3.63) is 45.2 Å². The number of quaternary nitrogens is 1. The minimum absolute atomic E-state index is 0.175. The molecule has 1 aliphatic rings. The third kappa shape index (κ3) is 2.94. The molecule has 0 radical (unpaired) electrons. The molecule has 2 N–H and O–H groups in total. The van der Waals surface area contributed by atoms with E-state index in [9.17, 15) is 4.79 Å². The zero-order valence-corrected chi connectivity index (χ0v) is 13.8. The third-order valence-corrected chi connectivity index (χ3v) is 4.51. The number of aromatic amines is 1. The van der Waals surface area contributed by atoms with Crippen LogP contribution in [0.15, 0.2) is 23.0 Å². The Bertz CT molecular complexity index is 741. The number of hydrogen-bond donors (Lipinski definition) is 2. The molecule has 1 aromatic carbocycles. The van der Waals surface area contributed by atoms with Gasteiger partial charge in [0.1, 0.15) is 31.8 Å². The van der Waals surface area contributed by atoms with Crippen LogP contribution in [0.25, 0.3) is 10.9 Å². The maximum atomic E-state index is 12.9.